The molecule has 162 valence electrons. The first kappa shape index (κ1) is 21.4. The second-order valence-corrected chi connectivity index (χ2v) is 8.37. The van der Waals surface area contributed by atoms with E-state index >= 15 is 0 Å². The zero-order valence-electron chi connectivity index (χ0n) is 17.4. The molecule has 0 spiro atoms. The highest BCUT2D eigenvalue weighted by Gasteiger charge is 2.24. The van der Waals surface area contributed by atoms with Crippen molar-refractivity contribution >= 4 is 23.2 Å². The number of carbonyl (C=O) groups excluding carboxylic acids is 1. The molecule has 7 heteroatoms. The van der Waals surface area contributed by atoms with Crippen molar-refractivity contribution < 1.29 is 13.6 Å². The van der Waals surface area contributed by atoms with E-state index < -0.39 is 0 Å². The predicted octanol–water partition coefficient (Wildman–Crippen LogP) is 5.02. The molecule has 1 aliphatic rings. The Bertz CT molecular complexity index is 1070. The van der Waals surface area contributed by atoms with E-state index in [9.17, 15) is 9.18 Å². The Balaban J connectivity index is 1.23. The summed E-state index contributed by atoms with van der Waals surface area (Å²) in [5.74, 6) is 0.800. The Morgan fingerprint density at radius 3 is 3.00 bits per heavy atom. The number of halogens is 2. The molecule has 1 amide bonds. The second-order valence-electron chi connectivity index (χ2n) is 7.93. The van der Waals surface area contributed by atoms with Gasteiger partial charge in [-0.25, -0.2) is 9.37 Å². The normalized spacial score (nSPS) is 16.0. The van der Waals surface area contributed by atoms with E-state index in [2.05, 4.69) is 22.1 Å². The van der Waals surface area contributed by atoms with Crippen LogP contribution in [0.15, 0.2) is 53.1 Å². The van der Waals surface area contributed by atoms with E-state index in [1.807, 2.05) is 18.2 Å². The first-order chi connectivity index (χ1) is 15.0. The van der Waals surface area contributed by atoms with Crippen LogP contribution in [0.3, 0.4) is 0 Å². The lowest BCUT2D eigenvalue weighted by Gasteiger charge is -2.21. The zero-order valence-corrected chi connectivity index (χ0v) is 18.2. The molecule has 1 aliphatic heterocycles. The van der Waals surface area contributed by atoms with Crippen LogP contribution in [-0.4, -0.2) is 30.5 Å². The smallest absolute Gasteiger partial charge is 0.220 e. The summed E-state index contributed by atoms with van der Waals surface area (Å²) in [6.07, 6.45) is 3.18. The standard InChI is InChI=1S/C24H25ClFN3O2/c1-16-6-7-18(25)12-21(16)29-11-10-17(15-29)13-27-23(30)8-9-24-28-14-22(31-24)19-4-2-3-5-20(19)26/h2-7,12,14,17H,8-11,13,15H2,1H3,(H,27,30). The van der Waals surface area contributed by atoms with Crippen LogP contribution in [0.2, 0.25) is 5.02 Å². The van der Waals surface area contributed by atoms with Crippen LogP contribution in [-0.2, 0) is 11.2 Å². The van der Waals surface area contributed by atoms with Crippen LogP contribution < -0.4 is 10.2 Å². The molecule has 1 unspecified atom stereocenters. The minimum absolute atomic E-state index is 0.0389. The summed E-state index contributed by atoms with van der Waals surface area (Å²) in [4.78, 5) is 18.8. The number of aromatic nitrogens is 1. The van der Waals surface area contributed by atoms with Crippen LogP contribution >= 0.6 is 11.6 Å². The SMILES string of the molecule is Cc1ccc(Cl)cc1N1CCC(CNC(=O)CCc2ncc(-c3ccccc3F)o2)C1. The molecule has 4 rings (SSSR count). The average molecular weight is 442 g/mol. The van der Waals surface area contributed by atoms with Gasteiger partial charge < -0.3 is 14.6 Å². The van der Waals surface area contributed by atoms with Gasteiger partial charge in [-0.1, -0.05) is 29.8 Å². The number of nitrogens with zero attached hydrogens (tertiary/aromatic N) is 2. The molecule has 2 aromatic carbocycles. The summed E-state index contributed by atoms with van der Waals surface area (Å²) in [5, 5.41) is 3.76. The maximum Gasteiger partial charge on any atom is 0.220 e. The lowest BCUT2D eigenvalue weighted by atomic mass is 10.1. The van der Waals surface area contributed by atoms with Crippen molar-refractivity contribution in [1.29, 1.82) is 0 Å². The molecule has 0 radical (unpaired) electrons. The van der Waals surface area contributed by atoms with Crippen LogP contribution in [0.25, 0.3) is 11.3 Å². The highest BCUT2D eigenvalue weighted by Crippen LogP contribution is 2.29. The number of hydrogen-bond donors (Lipinski definition) is 1. The Kier molecular flexibility index (Phi) is 6.56. The molecule has 0 aliphatic carbocycles. The minimum atomic E-state index is -0.360. The minimum Gasteiger partial charge on any atom is -0.441 e. The number of aryl methyl sites for hydroxylation is 2. The van der Waals surface area contributed by atoms with E-state index in [0.717, 1.165) is 30.2 Å². The van der Waals surface area contributed by atoms with E-state index in [0.29, 0.717) is 36.1 Å². The molecule has 2 heterocycles. The predicted molar refractivity (Wildman–Crippen MR) is 120 cm³/mol. The molecule has 5 nitrogen and oxygen atoms in total. The number of oxazole rings is 1. The Hall–Kier alpha value is -2.86. The summed E-state index contributed by atoms with van der Waals surface area (Å²) in [5.41, 5.74) is 2.73. The molecule has 1 atom stereocenters. The van der Waals surface area contributed by atoms with Crippen molar-refractivity contribution in [3.63, 3.8) is 0 Å². The molecule has 1 N–H and O–H groups in total. The van der Waals surface area contributed by atoms with Gasteiger partial charge in [0.15, 0.2) is 11.7 Å². The summed E-state index contributed by atoms with van der Waals surface area (Å²) in [6.45, 7) is 4.58. The van der Waals surface area contributed by atoms with Gasteiger partial charge in [-0.2, -0.15) is 0 Å². The van der Waals surface area contributed by atoms with Crippen molar-refractivity contribution in [3.05, 3.63) is 71.0 Å². The summed E-state index contributed by atoms with van der Waals surface area (Å²) in [7, 11) is 0. The highest BCUT2D eigenvalue weighted by atomic mass is 35.5. The quantitative estimate of drug-likeness (QED) is 0.559. The van der Waals surface area contributed by atoms with Gasteiger partial charge in [-0.15, -0.1) is 0 Å². The Morgan fingerprint density at radius 2 is 2.16 bits per heavy atom. The molecule has 0 saturated carbocycles. The van der Waals surface area contributed by atoms with Gasteiger partial charge in [0.1, 0.15) is 5.82 Å². The van der Waals surface area contributed by atoms with Gasteiger partial charge in [0.25, 0.3) is 0 Å². The fourth-order valence-corrected chi connectivity index (χ4v) is 4.09. The van der Waals surface area contributed by atoms with Crippen molar-refractivity contribution in [3.8, 4) is 11.3 Å². The van der Waals surface area contributed by atoms with Crippen LogP contribution in [0.1, 0.15) is 24.3 Å². The van der Waals surface area contributed by atoms with Crippen LogP contribution in [0.5, 0.6) is 0 Å². The third kappa shape index (κ3) is 5.25. The summed E-state index contributed by atoms with van der Waals surface area (Å²) >= 11 is 6.15. The van der Waals surface area contributed by atoms with E-state index in [1.165, 1.54) is 17.8 Å². The van der Waals surface area contributed by atoms with E-state index in [-0.39, 0.29) is 18.1 Å². The Morgan fingerprint density at radius 1 is 1.32 bits per heavy atom. The number of amides is 1. The van der Waals surface area contributed by atoms with Gasteiger partial charge in [0.2, 0.25) is 5.91 Å². The first-order valence-electron chi connectivity index (χ1n) is 10.5. The van der Waals surface area contributed by atoms with Crippen molar-refractivity contribution in [1.82, 2.24) is 10.3 Å². The maximum atomic E-state index is 13.9. The number of anilines is 1. The van der Waals surface area contributed by atoms with Gasteiger partial charge in [0.05, 0.1) is 11.8 Å². The monoisotopic (exact) mass is 441 g/mol. The molecular formula is C24H25ClFN3O2. The largest absolute Gasteiger partial charge is 0.441 e. The van der Waals surface area contributed by atoms with Gasteiger partial charge >= 0.3 is 0 Å². The summed E-state index contributed by atoms with van der Waals surface area (Å²) < 4.78 is 19.5. The molecule has 1 fully saturated rings. The molecule has 31 heavy (non-hydrogen) atoms. The Labute approximate surface area is 186 Å². The number of carbonyl (C=O) groups is 1. The highest BCUT2D eigenvalue weighted by molar-refractivity contribution is 6.30. The lowest BCUT2D eigenvalue weighted by molar-refractivity contribution is -0.121. The number of benzene rings is 2. The van der Waals surface area contributed by atoms with Crippen molar-refractivity contribution in [2.24, 2.45) is 5.92 Å². The molecule has 0 bridgehead atoms. The maximum absolute atomic E-state index is 13.9. The van der Waals surface area contributed by atoms with Crippen molar-refractivity contribution in [2.75, 3.05) is 24.5 Å². The second kappa shape index (κ2) is 9.52. The van der Waals surface area contributed by atoms with E-state index in [4.69, 9.17) is 16.0 Å². The number of nitrogens with one attached hydrogen (secondary N) is 1. The third-order valence-electron chi connectivity index (χ3n) is 5.64. The first-order valence-corrected chi connectivity index (χ1v) is 10.8. The zero-order chi connectivity index (χ0) is 21.8. The fourth-order valence-electron chi connectivity index (χ4n) is 3.92. The van der Waals surface area contributed by atoms with Gasteiger partial charge in [-0.05, 0) is 49.1 Å². The molecular weight excluding hydrogens is 417 g/mol. The van der Waals surface area contributed by atoms with Crippen molar-refractivity contribution in [2.45, 2.75) is 26.2 Å². The van der Waals surface area contributed by atoms with Gasteiger partial charge in [0, 0.05) is 43.2 Å². The number of rotatable bonds is 7. The molecule has 3 aromatic rings. The van der Waals surface area contributed by atoms with Crippen LogP contribution in [0.4, 0.5) is 10.1 Å². The van der Waals surface area contributed by atoms with Gasteiger partial charge in [-0.3, -0.25) is 4.79 Å². The molecule has 1 saturated heterocycles. The average Bonchev–Trinajstić information content (AvgIpc) is 3.42. The molecule has 1 aromatic heterocycles. The fraction of sp³-hybridized carbons (Fsp3) is 0.333. The topological polar surface area (TPSA) is 58.4 Å². The third-order valence-corrected chi connectivity index (χ3v) is 5.88. The van der Waals surface area contributed by atoms with Crippen LogP contribution in [0, 0.1) is 18.7 Å². The lowest BCUT2D eigenvalue weighted by Crippen LogP contribution is -2.31. The summed E-state index contributed by atoms with van der Waals surface area (Å²) in [6, 6.07) is 12.3. The number of hydrogen-bond acceptors (Lipinski definition) is 4. The van der Waals surface area contributed by atoms with E-state index in [1.54, 1.807) is 18.2 Å².